The van der Waals surface area contributed by atoms with Crippen molar-refractivity contribution in [1.82, 2.24) is 0 Å². The normalized spacial score (nSPS) is 3.86. The maximum atomic E-state index is 8.42. The van der Waals surface area contributed by atoms with E-state index in [4.69, 9.17) is 15.1 Å². The van der Waals surface area contributed by atoms with Crippen molar-refractivity contribution in [2.45, 2.75) is 0 Å². The van der Waals surface area contributed by atoms with Gasteiger partial charge in [0.15, 0.2) is 0 Å². The third kappa shape index (κ3) is 57.4. The molecule has 0 spiro atoms. The summed E-state index contributed by atoms with van der Waals surface area (Å²) in [7, 11) is -2.92. The van der Waals surface area contributed by atoms with Crippen LogP contribution in [0.2, 0.25) is 0 Å². The molecular formula is BCaO4Sm. The summed E-state index contributed by atoms with van der Waals surface area (Å²) in [6.07, 6.45) is 0. The van der Waals surface area contributed by atoms with Crippen LogP contribution in [-0.2, 0) is 5.48 Å². The Hall–Kier alpha value is 2.50. The summed E-state index contributed by atoms with van der Waals surface area (Å²) in [5, 5.41) is 25.2. The van der Waals surface area contributed by atoms with Gasteiger partial charge >= 0.3 is 78.1 Å². The van der Waals surface area contributed by atoms with E-state index in [2.05, 4.69) is 0 Å². The second kappa shape index (κ2) is 15.8. The van der Waals surface area contributed by atoms with Crippen molar-refractivity contribution in [3.05, 3.63) is 0 Å². The van der Waals surface area contributed by atoms with Crippen LogP contribution in [0, 0.1) is 40.4 Å². The first-order valence-corrected chi connectivity index (χ1v) is 0.707. The largest absolute Gasteiger partial charge is 3.00 e. The Morgan fingerprint density at radius 1 is 1.00 bits per heavy atom. The van der Waals surface area contributed by atoms with Gasteiger partial charge < -0.3 is 20.5 Å². The predicted octanol–water partition coefficient (Wildman–Crippen LogP) is -4.45. The van der Waals surface area contributed by atoms with Crippen LogP contribution in [0.3, 0.4) is 0 Å². The van der Waals surface area contributed by atoms with Gasteiger partial charge in [-0.3, -0.25) is 7.32 Å². The van der Waals surface area contributed by atoms with Gasteiger partial charge in [-0.05, 0) is 0 Å². The third-order valence-corrected chi connectivity index (χ3v) is 0. The fourth-order valence-corrected chi connectivity index (χ4v) is 0. The molecule has 0 aromatic heterocycles. The Bertz CT molecular complexity index is 16.4. The summed E-state index contributed by atoms with van der Waals surface area (Å²) in [6.45, 7) is 0. The molecule has 0 aromatic carbocycles. The molecule has 1 radical (unpaired) electrons. The number of rotatable bonds is 0. The zero-order valence-electron chi connectivity index (χ0n) is 3.33. The molecule has 0 unspecified atom stereocenters. The molecular weight excluding hydrogens is 265 g/mol. The van der Waals surface area contributed by atoms with Crippen molar-refractivity contribution >= 4 is 45.1 Å². The summed E-state index contributed by atoms with van der Waals surface area (Å²) in [5.41, 5.74) is 0. The SMILES string of the molecule is [Ca+2].[O-2].[O-]B([O-])[O-].[Sm+3]. The van der Waals surface area contributed by atoms with Gasteiger partial charge in [0.1, 0.15) is 0 Å². The fraction of sp³-hybridized carbons (Fsp3) is 0. The van der Waals surface area contributed by atoms with Gasteiger partial charge in [0.05, 0.1) is 0 Å². The van der Waals surface area contributed by atoms with Crippen LogP contribution >= 0.6 is 0 Å². The van der Waals surface area contributed by atoms with Gasteiger partial charge in [-0.15, -0.1) is 0 Å². The Labute approximate surface area is 104 Å². The zero-order chi connectivity index (χ0) is 3.58. The van der Waals surface area contributed by atoms with Crippen molar-refractivity contribution in [2.24, 2.45) is 0 Å². The van der Waals surface area contributed by atoms with Gasteiger partial charge in [0, 0.05) is 0 Å². The molecule has 7 heavy (non-hydrogen) atoms. The van der Waals surface area contributed by atoms with Gasteiger partial charge in [-0.25, -0.2) is 0 Å². The average Bonchev–Trinajstić information content (AvgIpc) is 0.811. The van der Waals surface area contributed by atoms with Crippen LogP contribution < -0.4 is 15.1 Å². The molecule has 0 rings (SSSR count). The molecule has 35 valence electrons. The summed E-state index contributed by atoms with van der Waals surface area (Å²) in [5.74, 6) is 0. The standard InChI is InChI=1S/BO3.Ca.O.Sm/c2-1(3)4;;;/q-3;+2;-2;+3. The minimum atomic E-state index is -2.92. The summed E-state index contributed by atoms with van der Waals surface area (Å²) >= 11 is 0. The van der Waals surface area contributed by atoms with Crippen LogP contribution in [0.4, 0.5) is 0 Å². The minimum Gasteiger partial charge on any atom is -2.00 e. The Kier molecular flexibility index (Phi) is 51.2. The Morgan fingerprint density at radius 2 is 1.00 bits per heavy atom. The molecule has 0 aliphatic heterocycles. The van der Waals surface area contributed by atoms with Gasteiger partial charge in [0.2, 0.25) is 0 Å². The third-order valence-electron chi connectivity index (χ3n) is 0. The molecule has 0 bridgehead atoms. The van der Waals surface area contributed by atoms with E-state index in [-0.39, 0.29) is 83.6 Å². The fourth-order valence-electron chi connectivity index (χ4n) is 0. The molecule has 7 heteroatoms. The van der Waals surface area contributed by atoms with E-state index in [1.807, 2.05) is 0 Å². The van der Waals surface area contributed by atoms with Crippen molar-refractivity contribution in [3.8, 4) is 0 Å². The molecule has 0 amide bonds. The Morgan fingerprint density at radius 3 is 1.00 bits per heavy atom. The van der Waals surface area contributed by atoms with Crippen LogP contribution in [0.1, 0.15) is 0 Å². The number of hydrogen-bond acceptors (Lipinski definition) is 3. The smallest absolute Gasteiger partial charge is 2.00 e. The maximum Gasteiger partial charge on any atom is 3.00 e. The van der Waals surface area contributed by atoms with Crippen molar-refractivity contribution in [1.29, 1.82) is 0 Å². The predicted molar refractivity (Wildman–Crippen MR) is 12.2 cm³/mol. The molecule has 0 heterocycles. The quantitative estimate of drug-likeness (QED) is 0.413. The van der Waals surface area contributed by atoms with E-state index in [1.165, 1.54) is 0 Å². The molecule has 0 aliphatic rings. The van der Waals surface area contributed by atoms with E-state index >= 15 is 0 Å². The second-order valence-electron chi connectivity index (χ2n) is 0.289. The van der Waals surface area contributed by atoms with Crippen LogP contribution in [0.5, 0.6) is 0 Å². The van der Waals surface area contributed by atoms with E-state index in [1.54, 1.807) is 0 Å². The van der Waals surface area contributed by atoms with Crippen molar-refractivity contribution in [2.75, 3.05) is 0 Å². The van der Waals surface area contributed by atoms with Gasteiger partial charge in [-0.1, -0.05) is 0 Å². The van der Waals surface area contributed by atoms with Crippen molar-refractivity contribution in [3.63, 3.8) is 0 Å². The summed E-state index contributed by atoms with van der Waals surface area (Å²) in [6, 6.07) is 0. The first-order valence-electron chi connectivity index (χ1n) is 0.707. The molecule has 0 N–H and O–H groups in total. The van der Waals surface area contributed by atoms with Crippen molar-refractivity contribution < 1.29 is 60.9 Å². The first-order chi connectivity index (χ1) is 1.73. The monoisotopic (exact) mass is 267 g/mol. The maximum absolute atomic E-state index is 8.42. The van der Waals surface area contributed by atoms with E-state index in [0.29, 0.717) is 0 Å². The molecule has 0 atom stereocenters. The summed E-state index contributed by atoms with van der Waals surface area (Å²) in [4.78, 5) is 0. The first kappa shape index (κ1) is 22.7. The van der Waals surface area contributed by atoms with Crippen LogP contribution in [0.15, 0.2) is 0 Å². The van der Waals surface area contributed by atoms with Crippen LogP contribution in [-0.4, -0.2) is 45.1 Å². The molecule has 0 saturated heterocycles. The van der Waals surface area contributed by atoms with Gasteiger partial charge in [-0.2, -0.15) is 0 Å². The minimum absolute atomic E-state index is 0. The Balaban J connectivity index is -0.0000000150. The van der Waals surface area contributed by atoms with Gasteiger partial charge in [0.25, 0.3) is 0 Å². The molecule has 0 aliphatic carbocycles. The number of hydrogen-bond donors (Lipinski definition) is 0. The van der Waals surface area contributed by atoms with Crippen LogP contribution in [0.25, 0.3) is 0 Å². The second-order valence-corrected chi connectivity index (χ2v) is 0.289. The van der Waals surface area contributed by atoms with E-state index in [9.17, 15) is 0 Å². The molecule has 0 saturated carbocycles. The average molecular weight is 265 g/mol. The van der Waals surface area contributed by atoms with E-state index in [0.717, 1.165) is 0 Å². The van der Waals surface area contributed by atoms with E-state index < -0.39 is 7.32 Å². The topological polar surface area (TPSA) is 97.7 Å². The molecule has 0 fully saturated rings. The summed E-state index contributed by atoms with van der Waals surface area (Å²) < 4.78 is 0. The molecule has 4 nitrogen and oxygen atoms in total. The molecule has 0 aromatic rings. The zero-order valence-corrected chi connectivity index (χ0v) is 8.15.